The van der Waals surface area contributed by atoms with Gasteiger partial charge in [0.2, 0.25) is 26.6 Å². The van der Waals surface area contributed by atoms with Crippen LogP contribution in [0.15, 0.2) is 43.5 Å². The van der Waals surface area contributed by atoms with Gasteiger partial charge in [0.15, 0.2) is 0 Å². The summed E-state index contributed by atoms with van der Waals surface area (Å²) in [5, 5.41) is -0.199. The van der Waals surface area contributed by atoms with Crippen LogP contribution in [0.3, 0.4) is 0 Å². The highest BCUT2D eigenvalue weighted by Gasteiger charge is 2.32. The van der Waals surface area contributed by atoms with E-state index in [0.29, 0.717) is 9.23 Å². The van der Waals surface area contributed by atoms with Crippen molar-refractivity contribution in [2.24, 2.45) is 0 Å². The third-order valence-corrected chi connectivity index (χ3v) is 6.98. The molecular weight excluding hydrogens is 406 g/mol. The predicted molar refractivity (Wildman–Crippen MR) is 108 cm³/mol. The first-order valence-electron chi connectivity index (χ1n) is 7.82. The minimum Gasteiger partial charge on any atom is -0.420 e. The Balaban J connectivity index is 2.08. The predicted octanol–water partition coefficient (Wildman–Crippen LogP) is 2.71. The van der Waals surface area contributed by atoms with Gasteiger partial charge in [0.05, 0.1) is 9.80 Å². The van der Waals surface area contributed by atoms with Gasteiger partial charge in [-0.3, -0.25) is 9.69 Å². The van der Waals surface area contributed by atoms with Gasteiger partial charge in [0, 0.05) is 27.2 Å². The summed E-state index contributed by atoms with van der Waals surface area (Å²) in [7, 11) is 1.01. The SMILES string of the molecule is Cc1ccc(S(=O)(=O)c2nc(C=C3SC(=S)N(C)C3=O)oc2N(C)C)cc1. The number of aromatic nitrogens is 1. The van der Waals surface area contributed by atoms with Gasteiger partial charge in [0.1, 0.15) is 4.32 Å². The molecule has 1 aliphatic heterocycles. The molecule has 0 bridgehead atoms. The Kier molecular flexibility index (Phi) is 5.15. The number of anilines is 1. The molecule has 1 aliphatic rings. The number of thiocarbonyl (C=S) groups is 1. The number of likely N-dealkylation sites (N-methyl/N-ethyl adjacent to an activating group) is 1. The molecule has 7 nitrogen and oxygen atoms in total. The topological polar surface area (TPSA) is 83.7 Å². The molecule has 0 aliphatic carbocycles. The van der Waals surface area contributed by atoms with Crippen molar-refractivity contribution in [1.29, 1.82) is 0 Å². The van der Waals surface area contributed by atoms with E-state index in [-0.39, 0.29) is 27.6 Å². The van der Waals surface area contributed by atoms with Gasteiger partial charge in [-0.1, -0.05) is 41.7 Å². The van der Waals surface area contributed by atoms with Crippen LogP contribution in [0.4, 0.5) is 5.88 Å². The fraction of sp³-hybridized carbons (Fsp3) is 0.235. The molecule has 3 rings (SSSR count). The van der Waals surface area contributed by atoms with Crippen molar-refractivity contribution in [3.8, 4) is 0 Å². The minimum atomic E-state index is -3.88. The first kappa shape index (κ1) is 19.6. The first-order valence-corrected chi connectivity index (χ1v) is 10.5. The number of carbonyl (C=O) groups is 1. The van der Waals surface area contributed by atoms with Crippen molar-refractivity contribution in [2.75, 3.05) is 26.0 Å². The Morgan fingerprint density at radius 2 is 1.89 bits per heavy atom. The van der Waals surface area contributed by atoms with Crippen molar-refractivity contribution in [3.05, 3.63) is 40.6 Å². The van der Waals surface area contributed by atoms with Gasteiger partial charge < -0.3 is 9.32 Å². The Morgan fingerprint density at radius 1 is 1.26 bits per heavy atom. The lowest BCUT2D eigenvalue weighted by atomic mass is 10.2. The van der Waals surface area contributed by atoms with E-state index in [0.717, 1.165) is 17.3 Å². The molecule has 2 heterocycles. The van der Waals surface area contributed by atoms with E-state index in [2.05, 4.69) is 4.98 Å². The zero-order chi connectivity index (χ0) is 19.9. The Hall–Kier alpha value is -2.17. The van der Waals surface area contributed by atoms with Crippen LogP contribution in [0.1, 0.15) is 11.5 Å². The number of amides is 1. The van der Waals surface area contributed by atoms with Crippen LogP contribution in [0.25, 0.3) is 6.08 Å². The summed E-state index contributed by atoms with van der Waals surface area (Å²) < 4.78 is 32.1. The highest BCUT2D eigenvalue weighted by molar-refractivity contribution is 8.26. The number of hydrogen-bond acceptors (Lipinski definition) is 8. The third-order valence-electron chi connectivity index (χ3n) is 3.83. The quantitative estimate of drug-likeness (QED) is 0.548. The summed E-state index contributed by atoms with van der Waals surface area (Å²) in [5.41, 5.74) is 0.948. The summed E-state index contributed by atoms with van der Waals surface area (Å²) >= 11 is 6.20. The maximum atomic E-state index is 13.0. The zero-order valence-corrected chi connectivity index (χ0v) is 17.5. The molecule has 1 fully saturated rings. The number of rotatable bonds is 4. The second kappa shape index (κ2) is 7.10. The van der Waals surface area contributed by atoms with Gasteiger partial charge in [-0.15, -0.1) is 0 Å². The van der Waals surface area contributed by atoms with Gasteiger partial charge in [-0.25, -0.2) is 8.42 Å². The van der Waals surface area contributed by atoms with Gasteiger partial charge in [-0.2, -0.15) is 4.98 Å². The van der Waals surface area contributed by atoms with E-state index in [4.69, 9.17) is 16.6 Å². The van der Waals surface area contributed by atoms with Crippen LogP contribution in [0, 0.1) is 6.92 Å². The Bertz CT molecular complexity index is 1050. The van der Waals surface area contributed by atoms with Gasteiger partial charge in [-0.05, 0) is 19.1 Å². The number of oxazole rings is 1. The number of thioether (sulfide) groups is 1. The molecule has 10 heteroatoms. The summed E-state index contributed by atoms with van der Waals surface area (Å²) in [6, 6.07) is 6.49. The maximum absolute atomic E-state index is 13.0. The highest BCUT2D eigenvalue weighted by Crippen LogP contribution is 2.34. The molecule has 1 aromatic carbocycles. The second-order valence-electron chi connectivity index (χ2n) is 6.11. The van der Waals surface area contributed by atoms with Gasteiger partial charge >= 0.3 is 0 Å². The van der Waals surface area contributed by atoms with Crippen molar-refractivity contribution in [1.82, 2.24) is 9.88 Å². The number of nitrogens with zero attached hydrogens (tertiary/aromatic N) is 3. The third kappa shape index (κ3) is 3.64. The van der Waals surface area contributed by atoms with Crippen molar-refractivity contribution >= 4 is 56.0 Å². The Morgan fingerprint density at radius 3 is 2.41 bits per heavy atom. The normalized spacial score (nSPS) is 16.4. The molecule has 0 unspecified atom stereocenters. The van der Waals surface area contributed by atoms with Crippen LogP contribution in [0.2, 0.25) is 0 Å². The summed E-state index contributed by atoms with van der Waals surface area (Å²) in [6.07, 6.45) is 1.41. The summed E-state index contributed by atoms with van der Waals surface area (Å²) in [6.45, 7) is 1.87. The fourth-order valence-corrected chi connectivity index (χ4v) is 4.85. The highest BCUT2D eigenvalue weighted by atomic mass is 32.2. The van der Waals surface area contributed by atoms with Crippen LogP contribution >= 0.6 is 24.0 Å². The van der Waals surface area contributed by atoms with E-state index in [1.54, 1.807) is 33.3 Å². The molecule has 1 amide bonds. The van der Waals surface area contributed by atoms with E-state index in [1.807, 2.05) is 6.92 Å². The first-order chi connectivity index (χ1) is 12.6. The molecule has 0 N–H and O–H groups in total. The van der Waals surface area contributed by atoms with Crippen LogP contribution in [-0.2, 0) is 14.6 Å². The molecule has 142 valence electrons. The van der Waals surface area contributed by atoms with Gasteiger partial charge in [0.25, 0.3) is 5.91 Å². The van der Waals surface area contributed by atoms with E-state index in [1.165, 1.54) is 28.0 Å². The van der Waals surface area contributed by atoms with Crippen LogP contribution < -0.4 is 4.90 Å². The molecule has 0 atom stereocenters. The fourth-order valence-electron chi connectivity index (χ4n) is 2.32. The monoisotopic (exact) mass is 423 g/mol. The number of benzene rings is 1. The minimum absolute atomic E-state index is 0.0262. The van der Waals surface area contributed by atoms with E-state index >= 15 is 0 Å². The van der Waals surface area contributed by atoms with Crippen molar-refractivity contribution < 1.29 is 17.6 Å². The lowest BCUT2D eigenvalue weighted by Gasteiger charge is -2.10. The van der Waals surface area contributed by atoms with Crippen LogP contribution in [-0.4, -0.2) is 49.7 Å². The molecule has 0 saturated carbocycles. The second-order valence-corrected chi connectivity index (χ2v) is 9.65. The van der Waals surface area contributed by atoms with E-state index < -0.39 is 9.84 Å². The summed E-state index contributed by atoms with van der Waals surface area (Å²) in [4.78, 5) is 19.6. The van der Waals surface area contributed by atoms with Crippen molar-refractivity contribution in [2.45, 2.75) is 16.8 Å². The lowest BCUT2D eigenvalue weighted by Crippen LogP contribution is -2.22. The number of sulfone groups is 1. The average Bonchev–Trinajstić information content (AvgIpc) is 3.14. The van der Waals surface area contributed by atoms with Crippen molar-refractivity contribution in [3.63, 3.8) is 0 Å². The van der Waals surface area contributed by atoms with Crippen LogP contribution in [0.5, 0.6) is 0 Å². The maximum Gasteiger partial charge on any atom is 0.266 e. The number of aryl methyl sites for hydroxylation is 1. The summed E-state index contributed by atoms with van der Waals surface area (Å²) in [5.74, 6) is -0.162. The zero-order valence-electron chi connectivity index (χ0n) is 15.1. The molecule has 27 heavy (non-hydrogen) atoms. The lowest BCUT2D eigenvalue weighted by molar-refractivity contribution is -0.121. The smallest absolute Gasteiger partial charge is 0.266 e. The number of carbonyl (C=O) groups excluding carboxylic acids is 1. The average molecular weight is 424 g/mol. The molecule has 0 radical (unpaired) electrons. The molecule has 1 aromatic heterocycles. The van der Waals surface area contributed by atoms with E-state index in [9.17, 15) is 13.2 Å². The molecule has 0 spiro atoms. The standard InChI is InChI=1S/C17H17N3O4S3/c1-10-5-7-11(8-6-10)27(22,23)14-16(19(2)3)24-13(18-14)9-12-15(21)20(4)17(25)26-12/h5-9H,1-4H3. The largest absolute Gasteiger partial charge is 0.420 e. The Labute approximate surface area is 167 Å². The molecule has 2 aromatic rings. The molecule has 1 saturated heterocycles. The molecular formula is C17H17N3O4S3. The number of hydrogen-bond donors (Lipinski definition) is 0.